The summed E-state index contributed by atoms with van der Waals surface area (Å²) in [5.41, 5.74) is 3.01. The number of esters is 1. The molecule has 8 rings (SSSR count). The van der Waals surface area contributed by atoms with Gasteiger partial charge in [-0.15, -0.1) is 5.10 Å². The highest BCUT2D eigenvalue weighted by molar-refractivity contribution is 5.92. The number of carbonyl (C=O) groups is 4. The molecule has 0 saturated carbocycles. The summed E-state index contributed by atoms with van der Waals surface area (Å²) < 4.78 is 150. The Balaban J connectivity index is 0.000000254. The van der Waals surface area contributed by atoms with E-state index in [1.54, 1.807) is 14.0 Å². The average molecular weight is 1280 g/mol. The Morgan fingerprint density at radius 3 is 1.44 bits per heavy atom. The van der Waals surface area contributed by atoms with Gasteiger partial charge in [-0.1, -0.05) is 114 Å². The number of ether oxygens (including phenoxy) is 5. The van der Waals surface area contributed by atoms with Crippen molar-refractivity contribution in [1.29, 1.82) is 0 Å². The smallest absolute Gasteiger partial charge is 0.456 e. The number of H-pyrrole nitrogens is 1. The summed E-state index contributed by atoms with van der Waals surface area (Å²) in [7, 11) is 1.68. The van der Waals surface area contributed by atoms with Crippen LogP contribution in [0.2, 0.25) is 0 Å². The van der Waals surface area contributed by atoms with Crippen molar-refractivity contribution in [2.45, 2.75) is 127 Å². The monoisotopic (exact) mass is 1280 g/mol. The average Bonchev–Trinajstić information content (AvgIpc) is 2.79. The number of aryl methyl sites for hydroxylation is 1. The standard InChI is InChI=1S/C30H33F5N4O5.C28H34N4O5.C3H3F5O/c1-28(18-43-25-9-5-6-14-42-25,27(41)44-19-29(31,32)30(33,34)35)16-23(37-26(40)24-17-36-39-38-24)15-20-10-12-22(13-11-20)21-7-3-2-4-8-21;1-28(27(34)35,19-37-25-10-6-7-15-36-25)17-23(29-26(33)24-18-32(2)31-30-24)16-20-11-13-22(14-12-20)21-8-4-3-5-9-21;4-2(5,1-9)3(6,7)8/h2-4,7-8,10-13,17,23,25H,5-6,9,14-16,18-19H2,1H3,(H,37,40)(H,36,38,39);3-5,8-9,11-14,18,23,25H,6-7,10,15-17,19H2,1-2H3,(H,29,33)(H,34,35);9H,1H2/t2*23-,25?,28+;/m11./s1. The zero-order chi connectivity index (χ0) is 65.8. The van der Waals surface area contributed by atoms with Gasteiger partial charge in [-0.05, 0) is 111 Å². The summed E-state index contributed by atoms with van der Waals surface area (Å²) in [4.78, 5) is 51.5. The molecule has 0 bridgehead atoms. The number of benzene rings is 4. The molecule has 2 saturated heterocycles. The molecule has 2 fully saturated rings. The highest BCUT2D eigenvalue weighted by atomic mass is 19.4. The quantitative estimate of drug-likeness (QED) is 0.0264. The molecule has 4 aromatic carbocycles. The third-order valence-corrected chi connectivity index (χ3v) is 14.5. The van der Waals surface area contributed by atoms with Crippen molar-refractivity contribution >= 4 is 23.8 Å². The number of carboxylic acids is 1. The number of aliphatic hydroxyl groups excluding tert-OH is 1. The van der Waals surface area contributed by atoms with Gasteiger partial charge in [0.05, 0.1) is 36.4 Å². The molecular weight excluding hydrogens is 1210 g/mol. The van der Waals surface area contributed by atoms with E-state index in [-0.39, 0.29) is 37.3 Å². The van der Waals surface area contributed by atoms with Crippen molar-refractivity contribution in [1.82, 2.24) is 41.0 Å². The molecule has 19 nitrogen and oxygen atoms in total. The number of carboxylic acid groups (broad SMARTS) is 1. The first-order chi connectivity index (χ1) is 42.5. The minimum Gasteiger partial charge on any atom is -0.481 e. The summed E-state index contributed by atoms with van der Waals surface area (Å²) in [6.45, 7) is -0.813. The Morgan fingerprint density at radius 2 is 1.07 bits per heavy atom. The number of aromatic amines is 1. The molecule has 0 aliphatic carbocycles. The van der Waals surface area contributed by atoms with E-state index in [1.165, 1.54) is 24.0 Å². The van der Waals surface area contributed by atoms with E-state index in [2.05, 4.69) is 41.1 Å². The fourth-order valence-corrected chi connectivity index (χ4v) is 9.36. The van der Waals surface area contributed by atoms with Crippen LogP contribution < -0.4 is 10.6 Å². The predicted octanol–water partition coefficient (Wildman–Crippen LogP) is 10.5. The molecule has 0 spiro atoms. The van der Waals surface area contributed by atoms with Crippen LogP contribution in [0.5, 0.6) is 0 Å². The Bertz CT molecular complexity index is 3170. The lowest BCUT2D eigenvalue weighted by atomic mass is 9.82. The van der Waals surface area contributed by atoms with Crippen LogP contribution in [-0.2, 0) is 53.2 Å². The lowest BCUT2D eigenvalue weighted by Gasteiger charge is -2.34. The van der Waals surface area contributed by atoms with Gasteiger partial charge in [0.1, 0.15) is 6.61 Å². The molecule has 2 aliphatic rings. The maximum Gasteiger partial charge on any atom is 0.456 e. The van der Waals surface area contributed by atoms with Gasteiger partial charge in [-0.3, -0.25) is 23.9 Å². The Morgan fingerprint density at radius 1 is 0.622 bits per heavy atom. The first-order valence-electron chi connectivity index (χ1n) is 28.5. The second-order valence-electron chi connectivity index (χ2n) is 22.2. The molecular formula is C61H70F10N8O11. The second-order valence-corrected chi connectivity index (χ2v) is 22.2. The van der Waals surface area contributed by atoms with E-state index in [1.807, 2.05) is 109 Å². The topological polar surface area (TPSA) is 251 Å². The molecule has 6 atom stereocenters. The molecule has 2 aliphatic heterocycles. The van der Waals surface area contributed by atoms with Crippen LogP contribution in [0.1, 0.15) is 97.3 Å². The van der Waals surface area contributed by atoms with Gasteiger partial charge in [0.15, 0.2) is 30.6 Å². The third kappa shape index (κ3) is 21.4. The van der Waals surface area contributed by atoms with Gasteiger partial charge in [0.2, 0.25) is 0 Å². The number of halogens is 10. The van der Waals surface area contributed by atoms with E-state index < -0.39 is 103 Å². The van der Waals surface area contributed by atoms with Crippen LogP contribution in [0.15, 0.2) is 122 Å². The molecule has 4 heterocycles. The number of hydrogen-bond acceptors (Lipinski definition) is 14. The van der Waals surface area contributed by atoms with E-state index in [9.17, 15) is 68.2 Å². The number of rotatable bonds is 25. The molecule has 2 aromatic heterocycles. The maximum absolute atomic E-state index is 13.7. The van der Waals surface area contributed by atoms with Gasteiger partial charge in [-0.2, -0.15) is 59.3 Å². The van der Waals surface area contributed by atoms with Gasteiger partial charge < -0.3 is 44.5 Å². The summed E-state index contributed by atoms with van der Waals surface area (Å²) in [6, 6.07) is 33.9. The van der Waals surface area contributed by atoms with Gasteiger partial charge in [-0.25, -0.2) is 0 Å². The zero-order valence-electron chi connectivity index (χ0n) is 49.3. The van der Waals surface area contributed by atoms with Crippen molar-refractivity contribution in [3.63, 3.8) is 0 Å². The molecule has 490 valence electrons. The van der Waals surface area contributed by atoms with Crippen LogP contribution >= 0.6 is 0 Å². The van der Waals surface area contributed by atoms with E-state index >= 15 is 0 Å². The third-order valence-electron chi connectivity index (χ3n) is 14.5. The number of amides is 2. The predicted molar refractivity (Wildman–Crippen MR) is 303 cm³/mol. The van der Waals surface area contributed by atoms with Crippen molar-refractivity contribution in [2.75, 3.05) is 39.6 Å². The molecule has 29 heteroatoms. The van der Waals surface area contributed by atoms with E-state index in [0.717, 1.165) is 65.5 Å². The molecule has 2 amide bonds. The Kier molecular flexibility index (Phi) is 25.5. The largest absolute Gasteiger partial charge is 0.481 e. The lowest BCUT2D eigenvalue weighted by Crippen LogP contribution is -2.48. The second kappa shape index (κ2) is 32.2. The number of hydrogen-bond donors (Lipinski definition) is 5. The van der Waals surface area contributed by atoms with Crippen molar-refractivity contribution in [2.24, 2.45) is 17.9 Å². The van der Waals surface area contributed by atoms with Crippen molar-refractivity contribution in [3.05, 3.63) is 144 Å². The van der Waals surface area contributed by atoms with E-state index in [0.29, 0.717) is 26.1 Å². The summed E-state index contributed by atoms with van der Waals surface area (Å²) in [6.07, 6.45) is -4.54. The SMILES string of the molecule is C[C@@](COC1CCCCO1)(C[C@@H](Cc1ccc(-c2ccccc2)cc1)NC(=O)c1cn[nH]n1)C(=O)OCC(F)(F)C(F)(F)F.Cn1cc(C(=O)N[C@H](Cc2ccc(-c3ccccc3)cc2)C[C@@](C)(COC2CCCCO2)C(=O)O)nn1.OCC(F)(F)C(F)(F)F. The lowest BCUT2D eigenvalue weighted by molar-refractivity contribution is -0.295. The Hall–Kier alpha value is -7.86. The number of alkyl halides is 10. The molecule has 0 radical (unpaired) electrons. The van der Waals surface area contributed by atoms with Crippen LogP contribution in [-0.4, -0.2) is 153 Å². The summed E-state index contributed by atoms with van der Waals surface area (Å²) in [5.74, 6) is -13.6. The maximum atomic E-state index is 13.7. The number of nitrogens with zero attached hydrogens (tertiary/aromatic N) is 5. The summed E-state index contributed by atoms with van der Waals surface area (Å²) >= 11 is 0. The number of aliphatic carboxylic acids is 1. The van der Waals surface area contributed by atoms with Crippen LogP contribution in [0, 0.1) is 10.8 Å². The van der Waals surface area contributed by atoms with Crippen LogP contribution in [0.3, 0.4) is 0 Å². The molecule has 90 heavy (non-hydrogen) atoms. The number of nitrogens with one attached hydrogen (secondary N) is 3. The normalized spacial score (nSPS) is 17.5. The number of aliphatic hydroxyl groups is 1. The van der Waals surface area contributed by atoms with Gasteiger partial charge in [0, 0.05) is 32.3 Å². The van der Waals surface area contributed by atoms with Crippen molar-refractivity contribution < 1.29 is 97.0 Å². The van der Waals surface area contributed by atoms with Crippen molar-refractivity contribution in [3.8, 4) is 22.3 Å². The van der Waals surface area contributed by atoms with Gasteiger partial charge in [0.25, 0.3) is 11.8 Å². The first kappa shape index (κ1) is 71.2. The van der Waals surface area contributed by atoms with Crippen LogP contribution in [0.25, 0.3) is 22.3 Å². The minimum atomic E-state index is -5.91. The van der Waals surface area contributed by atoms with Crippen LogP contribution in [0.4, 0.5) is 43.9 Å². The van der Waals surface area contributed by atoms with Gasteiger partial charge >= 0.3 is 36.1 Å². The summed E-state index contributed by atoms with van der Waals surface area (Å²) in [5, 5.41) is 40.8. The highest BCUT2D eigenvalue weighted by Crippen LogP contribution is 2.38. The molecule has 2 unspecified atom stereocenters. The highest BCUT2D eigenvalue weighted by Gasteiger charge is 2.59. The molecule has 6 aromatic rings. The minimum absolute atomic E-state index is 0.0164. The number of carbonyl (C=O) groups excluding carboxylic acids is 3. The molecule has 5 N–H and O–H groups in total. The fourth-order valence-electron chi connectivity index (χ4n) is 9.36. The number of aromatic nitrogens is 6. The Labute approximate surface area is 511 Å². The zero-order valence-corrected chi connectivity index (χ0v) is 49.3. The van der Waals surface area contributed by atoms with E-state index in [4.69, 9.17) is 24.1 Å². The first-order valence-corrected chi connectivity index (χ1v) is 28.5. The fraction of sp³-hybridized carbons (Fsp3) is 0.475.